The molecule has 2 aromatic heterocycles. The number of aromatic nitrogens is 4. The van der Waals surface area contributed by atoms with Gasteiger partial charge in [-0.2, -0.15) is 10.1 Å². The molecule has 22 heavy (non-hydrogen) atoms. The van der Waals surface area contributed by atoms with E-state index in [1.54, 1.807) is 10.9 Å². The summed E-state index contributed by atoms with van der Waals surface area (Å²) in [5, 5.41) is 19.9. The quantitative estimate of drug-likeness (QED) is 0.458. The highest BCUT2D eigenvalue weighted by Gasteiger charge is 2.22. The second kappa shape index (κ2) is 7.11. The van der Waals surface area contributed by atoms with Crippen molar-refractivity contribution in [3.63, 3.8) is 0 Å². The average Bonchev–Trinajstić information content (AvgIpc) is 3.11. The molecule has 10 nitrogen and oxygen atoms in total. The van der Waals surface area contributed by atoms with Crippen LogP contribution in [0.3, 0.4) is 0 Å². The maximum absolute atomic E-state index is 11.2. The minimum Gasteiger partial charge on any atom is -0.394 e. The van der Waals surface area contributed by atoms with Gasteiger partial charge in [-0.25, -0.2) is 0 Å². The Morgan fingerprint density at radius 3 is 2.95 bits per heavy atom. The SMILES string of the molecule is Cn1cc(CN[C@@H](CC(N)=O)c2nc([C@@H](N)CO)no2)cn1. The summed E-state index contributed by atoms with van der Waals surface area (Å²) in [7, 11) is 1.81. The highest BCUT2D eigenvalue weighted by Crippen LogP contribution is 2.17. The first-order valence-corrected chi connectivity index (χ1v) is 6.68. The number of rotatable bonds is 8. The number of aryl methyl sites for hydroxylation is 1. The Bertz CT molecular complexity index is 624. The second-order valence-electron chi connectivity index (χ2n) is 4.91. The lowest BCUT2D eigenvalue weighted by Crippen LogP contribution is -2.27. The Balaban J connectivity index is 2.08. The van der Waals surface area contributed by atoms with Crippen molar-refractivity contribution in [3.05, 3.63) is 29.7 Å². The van der Waals surface area contributed by atoms with Gasteiger partial charge in [0.15, 0.2) is 5.82 Å². The highest BCUT2D eigenvalue weighted by atomic mass is 16.5. The standard InChI is InChI=1S/C12H19N7O3/c1-19-5-7(4-16-19)3-15-9(2-10(14)21)12-17-11(18-22-12)8(13)6-20/h4-5,8-9,15,20H,2-3,6,13H2,1H3,(H2,14,21)/t8-,9-/m0/s1. The average molecular weight is 309 g/mol. The Labute approximate surface area is 126 Å². The molecule has 0 aliphatic rings. The predicted molar refractivity (Wildman–Crippen MR) is 74.9 cm³/mol. The first-order valence-electron chi connectivity index (χ1n) is 6.68. The molecule has 0 unspecified atom stereocenters. The van der Waals surface area contributed by atoms with Gasteiger partial charge in [0.1, 0.15) is 0 Å². The molecule has 0 spiro atoms. The smallest absolute Gasteiger partial charge is 0.244 e. The Hall–Kier alpha value is -2.30. The summed E-state index contributed by atoms with van der Waals surface area (Å²) < 4.78 is 6.77. The number of primary amides is 1. The Morgan fingerprint density at radius 2 is 2.36 bits per heavy atom. The van der Waals surface area contributed by atoms with Crippen LogP contribution < -0.4 is 16.8 Å². The van der Waals surface area contributed by atoms with Gasteiger partial charge >= 0.3 is 0 Å². The van der Waals surface area contributed by atoms with Crippen molar-refractivity contribution in [3.8, 4) is 0 Å². The molecule has 10 heteroatoms. The van der Waals surface area contributed by atoms with Crippen LogP contribution in [0.15, 0.2) is 16.9 Å². The Kier molecular flexibility index (Phi) is 5.20. The molecule has 0 bridgehead atoms. The van der Waals surface area contributed by atoms with Gasteiger partial charge in [0.05, 0.1) is 31.3 Å². The van der Waals surface area contributed by atoms with Crippen LogP contribution in [-0.2, 0) is 18.4 Å². The van der Waals surface area contributed by atoms with Crippen LogP contribution in [0.5, 0.6) is 0 Å². The van der Waals surface area contributed by atoms with Gasteiger partial charge in [-0.3, -0.25) is 9.48 Å². The summed E-state index contributed by atoms with van der Waals surface area (Å²) in [4.78, 5) is 15.3. The van der Waals surface area contributed by atoms with E-state index in [0.29, 0.717) is 6.54 Å². The molecule has 0 aliphatic heterocycles. The fourth-order valence-electron chi connectivity index (χ4n) is 1.87. The van der Waals surface area contributed by atoms with Crippen molar-refractivity contribution in [2.75, 3.05) is 6.61 Å². The van der Waals surface area contributed by atoms with E-state index < -0.39 is 18.0 Å². The van der Waals surface area contributed by atoms with E-state index in [-0.39, 0.29) is 24.7 Å². The number of carbonyl (C=O) groups is 1. The molecule has 2 atom stereocenters. The first kappa shape index (κ1) is 16.1. The monoisotopic (exact) mass is 309 g/mol. The molecule has 0 saturated carbocycles. The van der Waals surface area contributed by atoms with Crippen molar-refractivity contribution in [1.29, 1.82) is 0 Å². The number of amides is 1. The third-order valence-electron chi connectivity index (χ3n) is 3.00. The number of carbonyl (C=O) groups excluding carboxylic acids is 1. The lowest BCUT2D eigenvalue weighted by atomic mass is 10.2. The van der Waals surface area contributed by atoms with Gasteiger partial charge in [0, 0.05) is 25.4 Å². The van der Waals surface area contributed by atoms with Crippen molar-refractivity contribution in [1.82, 2.24) is 25.2 Å². The van der Waals surface area contributed by atoms with Gasteiger partial charge in [0.25, 0.3) is 0 Å². The van der Waals surface area contributed by atoms with Crippen LogP contribution in [-0.4, -0.2) is 37.5 Å². The molecule has 120 valence electrons. The summed E-state index contributed by atoms with van der Waals surface area (Å²) >= 11 is 0. The van der Waals surface area contributed by atoms with E-state index in [9.17, 15) is 4.79 Å². The van der Waals surface area contributed by atoms with Crippen LogP contribution in [0.25, 0.3) is 0 Å². The molecule has 6 N–H and O–H groups in total. The van der Waals surface area contributed by atoms with E-state index in [1.807, 2.05) is 13.2 Å². The van der Waals surface area contributed by atoms with Crippen molar-refractivity contribution >= 4 is 5.91 Å². The van der Waals surface area contributed by atoms with E-state index in [1.165, 1.54) is 0 Å². The maximum atomic E-state index is 11.2. The van der Waals surface area contributed by atoms with Crippen molar-refractivity contribution in [2.45, 2.75) is 25.0 Å². The first-order chi connectivity index (χ1) is 10.5. The van der Waals surface area contributed by atoms with Gasteiger partial charge in [-0.1, -0.05) is 5.16 Å². The number of nitrogens with zero attached hydrogens (tertiary/aromatic N) is 4. The van der Waals surface area contributed by atoms with Crippen LogP contribution in [0.4, 0.5) is 0 Å². The second-order valence-corrected chi connectivity index (χ2v) is 4.91. The number of hydrogen-bond acceptors (Lipinski definition) is 8. The molecular formula is C12H19N7O3. The molecule has 1 amide bonds. The summed E-state index contributed by atoms with van der Waals surface area (Å²) in [5.41, 5.74) is 11.8. The highest BCUT2D eigenvalue weighted by molar-refractivity contribution is 5.74. The van der Waals surface area contributed by atoms with Gasteiger partial charge in [-0.05, 0) is 0 Å². The number of hydrogen-bond donors (Lipinski definition) is 4. The summed E-state index contributed by atoms with van der Waals surface area (Å²) in [6.45, 7) is 0.151. The maximum Gasteiger partial charge on any atom is 0.244 e. The van der Waals surface area contributed by atoms with Gasteiger partial charge < -0.3 is 26.4 Å². The minimum absolute atomic E-state index is 0.00371. The number of nitrogens with two attached hydrogens (primary N) is 2. The fourth-order valence-corrected chi connectivity index (χ4v) is 1.87. The summed E-state index contributed by atoms with van der Waals surface area (Å²) in [6.07, 6.45) is 3.54. The number of nitrogens with one attached hydrogen (secondary N) is 1. The zero-order valence-electron chi connectivity index (χ0n) is 12.1. The summed E-state index contributed by atoms with van der Waals surface area (Å²) in [5.74, 6) is -0.133. The largest absolute Gasteiger partial charge is 0.394 e. The molecule has 2 aromatic rings. The molecule has 0 fully saturated rings. The van der Waals surface area contributed by atoms with Crippen LogP contribution in [0, 0.1) is 0 Å². The normalized spacial score (nSPS) is 14.0. The van der Waals surface area contributed by atoms with E-state index in [4.69, 9.17) is 21.1 Å². The topological polar surface area (TPSA) is 158 Å². The van der Waals surface area contributed by atoms with Crippen molar-refractivity contribution in [2.24, 2.45) is 18.5 Å². The Morgan fingerprint density at radius 1 is 1.59 bits per heavy atom. The van der Waals surface area contributed by atoms with E-state index in [0.717, 1.165) is 5.56 Å². The van der Waals surface area contributed by atoms with Crippen LogP contribution in [0.2, 0.25) is 0 Å². The number of aliphatic hydroxyl groups is 1. The summed E-state index contributed by atoms with van der Waals surface area (Å²) in [6, 6.07) is -1.27. The zero-order chi connectivity index (χ0) is 16.1. The third-order valence-corrected chi connectivity index (χ3v) is 3.00. The molecule has 0 aromatic carbocycles. The zero-order valence-corrected chi connectivity index (χ0v) is 12.1. The number of aliphatic hydroxyl groups excluding tert-OH is 1. The lowest BCUT2D eigenvalue weighted by Gasteiger charge is -2.12. The minimum atomic E-state index is -0.731. The predicted octanol–water partition coefficient (Wildman–Crippen LogP) is -1.50. The van der Waals surface area contributed by atoms with Crippen LogP contribution >= 0.6 is 0 Å². The molecule has 0 aliphatic carbocycles. The van der Waals surface area contributed by atoms with Crippen molar-refractivity contribution < 1.29 is 14.4 Å². The van der Waals surface area contributed by atoms with Crippen LogP contribution in [0.1, 0.15) is 35.8 Å². The lowest BCUT2D eigenvalue weighted by molar-refractivity contribution is -0.118. The molecule has 2 rings (SSSR count). The van der Waals surface area contributed by atoms with Gasteiger partial charge in [0.2, 0.25) is 11.8 Å². The van der Waals surface area contributed by atoms with E-state index in [2.05, 4.69) is 20.6 Å². The van der Waals surface area contributed by atoms with Gasteiger partial charge in [-0.15, -0.1) is 0 Å². The van der Waals surface area contributed by atoms with E-state index >= 15 is 0 Å². The fraction of sp³-hybridized carbons (Fsp3) is 0.500. The molecule has 2 heterocycles. The third kappa shape index (κ3) is 4.10. The molecule has 0 radical (unpaired) electrons. The molecule has 0 saturated heterocycles. The molecular weight excluding hydrogens is 290 g/mol.